The summed E-state index contributed by atoms with van der Waals surface area (Å²) < 4.78 is 37.6. The van der Waals surface area contributed by atoms with E-state index in [0.717, 1.165) is 10.9 Å². The SMILES string of the molecule is O=C(c1cn(Cc2cccc([N+](=O)[O-])c2)nn1)C(F)(F)F. The minimum absolute atomic E-state index is 0.0418. The van der Waals surface area contributed by atoms with Crippen molar-refractivity contribution >= 4 is 11.5 Å². The fraction of sp³-hybridized carbons (Fsp3) is 0.182. The average molecular weight is 300 g/mol. The molecule has 21 heavy (non-hydrogen) atoms. The summed E-state index contributed by atoms with van der Waals surface area (Å²) in [6.07, 6.45) is -4.18. The monoisotopic (exact) mass is 300 g/mol. The molecule has 1 aromatic heterocycles. The third kappa shape index (κ3) is 3.41. The van der Waals surface area contributed by atoms with Crippen LogP contribution in [0.5, 0.6) is 0 Å². The first kappa shape index (κ1) is 14.6. The van der Waals surface area contributed by atoms with E-state index in [1.165, 1.54) is 18.2 Å². The first-order chi connectivity index (χ1) is 9.77. The van der Waals surface area contributed by atoms with Gasteiger partial charge in [0.1, 0.15) is 0 Å². The van der Waals surface area contributed by atoms with Crippen molar-refractivity contribution in [1.82, 2.24) is 15.0 Å². The Morgan fingerprint density at radius 3 is 2.71 bits per heavy atom. The average Bonchev–Trinajstić information content (AvgIpc) is 2.85. The first-order valence-corrected chi connectivity index (χ1v) is 5.52. The molecule has 110 valence electrons. The Balaban J connectivity index is 2.18. The maximum absolute atomic E-state index is 12.2. The highest BCUT2D eigenvalue weighted by atomic mass is 19.4. The molecule has 0 aliphatic rings. The zero-order valence-corrected chi connectivity index (χ0v) is 10.2. The van der Waals surface area contributed by atoms with E-state index in [4.69, 9.17) is 0 Å². The van der Waals surface area contributed by atoms with Crippen molar-refractivity contribution in [2.75, 3.05) is 0 Å². The van der Waals surface area contributed by atoms with Gasteiger partial charge in [0.2, 0.25) is 0 Å². The van der Waals surface area contributed by atoms with Crippen molar-refractivity contribution in [3.8, 4) is 0 Å². The number of alkyl halides is 3. The molecule has 1 heterocycles. The lowest BCUT2D eigenvalue weighted by atomic mass is 10.2. The lowest BCUT2D eigenvalue weighted by molar-refractivity contribution is -0.384. The number of halogens is 3. The zero-order chi connectivity index (χ0) is 15.6. The maximum Gasteiger partial charge on any atom is 0.456 e. The van der Waals surface area contributed by atoms with Crippen molar-refractivity contribution in [3.63, 3.8) is 0 Å². The van der Waals surface area contributed by atoms with Crippen LogP contribution in [0.1, 0.15) is 16.1 Å². The number of ketones is 1. The van der Waals surface area contributed by atoms with Crippen LogP contribution in [0.15, 0.2) is 30.5 Å². The zero-order valence-electron chi connectivity index (χ0n) is 10.2. The van der Waals surface area contributed by atoms with Crippen molar-refractivity contribution in [2.45, 2.75) is 12.7 Å². The highest BCUT2D eigenvalue weighted by Gasteiger charge is 2.41. The summed E-state index contributed by atoms with van der Waals surface area (Å²) in [7, 11) is 0. The van der Waals surface area contributed by atoms with E-state index in [1.807, 2.05) is 0 Å². The number of rotatable bonds is 4. The highest BCUT2D eigenvalue weighted by Crippen LogP contribution is 2.20. The second-order valence-electron chi connectivity index (χ2n) is 4.06. The van der Waals surface area contributed by atoms with Gasteiger partial charge in [-0.05, 0) is 5.56 Å². The molecule has 0 aliphatic heterocycles. The smallest absolute Gasteiger partial charge is 0.282 e. The molecule has 2 rings (SSSR count). The fourth-order valence-corrected chi connectivity index (χ4v) is 1.58. The normalized spacial score (nSPS) is 11.4. The van der Waals surface area contributed by atoms with Crippen molar-refractivity contribution in [2.24, 2.45) is 0 Å². The lowest BCUT2D eigenvalue weighted by Crippen LogP contribution is -2.23. The number of non-ortho nitro benzene ring substituents is 1. The highest BCUT2D eigenvalue weighted by molar-refractivity contribution is 5.98. The molecule has 0 fully saturated rings. The second-order valence-corrected chi connectivity index (χ2v) is 4.06. The molecule has 0 N–H and O–H groups in total. The summed E-state index contributed by atoms with van der Waals surface area (Å²) in [6, 6.07) is 5.52. The van der Waals surface area contributed by atoms with E-state index in [0.29, 0.717) is 5.56 Å². The largest absolute Gasteiger partial charge is 0.456 e. The Morgan fingerprint density at radius 1 is 1.38 bits per heavy atom. The number of carbonyl (C=O) groups is 1. The van der Waals surface area contributed by atoms with Gasteiger partial charge in [-0.2, -0.15) is 13.2 Å². The summed E-state index contributed by atoms with van der Waals surface area (Å²) in [5, 5.41) is 17.2. The Bertz CT molecular complexity index is 696. The third-order valence-electron chi connectivity index (χ3n) is 2.49. The molecule has 1 aromatic carbocycles. The van der Waals surface area contributed by atoms with Gasteiger partial charge in [-0.15, -0.1) is 5.10 Å². The number of carbonyl (C=O) groups excluding carboxylic acids is 1. The molecule has 0 aliphatic carbocycles. The molecule has 0 bridgehead atoms. The minimum Gasteiger partial charge on any atom is -0.282 e. The Kier molecular flexibility index (Phi) is 3.70. The van der Waals surface area contributed by atoms with Gasteiger partial charge in [0.25, 0.3) is 11.5 Å². The summed E-state index contributed by atoms with van der Waals surface area (Å²) in [5.74, 6) is -2.09. The van der Waals surface area contributed by atoms with Crippen LogP contribution < -0.4 is 0 Å². The van der Waals surface area contributed by atoms with Crippen LogP contribution in [0, 0.1) is 10.1 Å². The van der Waals surface area contributed by atoms with Gasteiger partial charge in [0.15, 0.2) is 5.69 Å². The number of nitro groups is 1. The van der Waals surface area contributed by atoms with E-state index in [1.54, 1.807) is 6.07 Å². The van der Waals surface area contributed by atoms with Gasteiger partial charge >= 0.3 is 6.18 Å². The van der Waals surface area contributed by atoms with E-state index in [2.05, 4.69) is 10.3 Å². The number of Topliss-reactive ketones (excluding diaryl/α,β-unsaturated/α-hetero) is 1. The van der Waals surface area contributed by atoms with Crippen LogP contribution in [0.3, 0.4) is 0 Å². The van der Waals surface area contributed by atoms with Gasteiger partial charge in [0.05, 0.1) is 17.7 Å². The Hall–Kier alpha value is -2.78. The predicted octanol–water partition coefficient (Wildman–Crippen LogP) is 1.98. The number of nitro benzene ring substituents is 1. The molecule has 0 saturated heterocycles. The molecule has 7 nitrogen and oxygen atoms in total. The standard InChI is InChI=1S/C11H7F3N4O3/c12-11(13,14)10(19)9-6-17(16-15-9)5-7-2-1-3-8(4-7)18(20)21/h1-4,6H,5H2. The van der Waals surface area contributed by atoms with Gasteiger partial charge in [-0.25, -0.2) is 4.68 Å². The quantitative estimate of drug-likeness (QED) is 0.489. The van der Waals surface area contributed by atoms with Crippen LogP contribution in [0.4, 0.5) is 18.9 Å². The van der Waals surface area contributed by atoms with Gasteiger partial charge in [0, 0.05) is 12.1 Å². The number of nitrogens with zero attached hydrogens (tertiary/aromatic N) is 4. The molecule has 0 saturated carbocycles. The van der Waals surface area contributed by atoms with E-state index < -0.39 is 22.6 Å². The number of hydrogen-bond acceptors (Lipinski definition) is 5. The van der Waals surface area contributed by atoms with E-state index >= 15 is 0 Å². The Labute approximate surface area is 115 Å². The van der Waals surface area contributed by atoms with E-state index in [-0.39, 0.29) is 12.2 Å². The van der Waals surface area contributed by atoms with Crippen LogP contribution in [-0.4, -0.2) is 31.9 Å². The first-order valence-electron chi connectivity index (χ1n) is 5.52. The van der Waals surface area contributed by atoms with Crippen molar-refractivity contribution in [1.29, 1.82) is 0 Å². The van der Waals surface area contributed by atoms with Gasteiger partial charge in [-0.3, -0.25) is 14.9 Å². The molecule has 10 heteroatoms. The molecule has 0 radical (unpaired) electrons. The molecule has 0 unspecified atom stereocenters. The Morgan fingerprint density at radius 2 is 2.10 bits per heavy atom. The van der Waals surface area contributed by atoms with Crippen molar-refractivity contribution in [3.05, 3.63) is 51.8 Å². The molecule has 0 amide bonds. The third-order valence-corrected chi connectivity index (χ3v) is 2.49. The topological polar surface area (TPSA) is 90.9 Å². The van der Waals surface area contributed by atoms with Crippen LogP contribution in [0.25, 0.3) is 0 Å². The summed E-state index contributed by atoms with van der Waals surface area (Å²) in [4.78, 5) is 21.0. The number of aromatic nitrogens is 3. The van der Waals surface area contributed by atoms with E-state index in [9.17, 15) is 28.1 Å². The predicted molar refractivity (Wildman–Crippen MR) is 62.6 cm³/mol. The second kappa shape index (κ2) is 5.31. The fourth-order valence-electron chi connectivity index (χ4n) is 1.58. The van der Waals surface area contributed by atoms with Crippen LogP contribution >= 0.6 is 0 Å². The number of benzene rings is 1. The molecular weight excluding hydrogens is 293 g/mol. The molecule has 2 aromatic rings. The maximum atomic E-state index is 12.2. The van der Waals surface area contributed by atoms with Gasteiger partial charge < -0.3 is 0 Å². The molecular formula is C11H7F3N4O3. The van der Waals surface area contributed by atoms with Crippen molar-refractivity contribution < 1.29 is 22.9 Å². The minimum atomic E-state index is -5.02. The summed E-state index contributed by atoms with van der Waals surface area (Å²) >= 11 is 0. The summed E-state index contributed by atoms with van der Waals surface area (Å²) in [6.45, 7) is -0.0418. The lowest BCUT2D eigenvalue weighted by Gasteiger charge is -2.01. The molecule has 0 atom stereocenters. The molecule has 0 spiro atoms. The van der Waals surface area contributed by atoms with Crippen LogP contribution in [0.2, 0.25) is 0 Å². The van der Waals surface area contributed by atoms with Crippen LogP contribution in [-0.2, 0) is 6.54 Å². The number of hydrogen-bond donors (Lipinski definition) is 0. The van der Waals surface area contributed by atoms with Gasteiger partial charge in [-0.1, -0.05) is 17.3 Å². The summed E-state index contributed by atoms with van der Waals surface area (Å²) in [5.41, 5.74) is -0.535.